The normalized spacial score (nSPS) is 14.4. The average Bonchev–Trinajstić information content (AvgIpc) is 2.71. The molecule has 0 saturated carbocycles. The lowest BCUT2D eigenvalue weighted by Crippen LogP contribution is -2.31. The first kappa shape index (κ1) is 14.1. The van der Waals surface area contributed by atoms with Crippen molar-refractivity contribution in [1.29, 1.82) is 0 Å². The minimum Gasteiger partial charge on any atom is -0.398 e. The van der Waals surface area contributed by atoms with Crippen LogP contribution in [0.4, 0.5) is 11.4 Å². The molecule has 0 spiro atoms. The van der Waals surface area contributed by atoms with Gasteiger partial charge in [-0.2, -0.15) is 0 Å². The Balaban J connectivity index is 1.99. The van der Waals surface area contributed by atoms with Gasteiger partial charge in [-0.1, -0.05) is 18.2 Å². The molecule has 0 unspecified atom stereocenters. The number of carbonyl (C=O) groups is 1. The number of nitrogens with two attached hydrogens (primary N) is 1. The van der Waals surface area contributed by atoms with Crippen molar-refractivity contribution in [3.05, 3.63) is 58.1 Å². The molecule has 1 aliphatic heterocycles. The van der Waals surface area contributed by atoms with Crippen molar-refractivity contribution in [2.45, 2.75) is 19.3 Å². The molecule has 3 nitrogen and oxygen atoms in total. The molecule has 3 rings (SSSR count). The molecule has 1 amide bonds. The smallest absolute Gasteiger partial charge is 0.258 e. The fraction of sp³-hybridized carbons (Fsp3) is 0.235. The van der Waals surface area contributed by atoms with Crippen LogP contribution in [0.15, 0.2) is 46.9 Å². The number of halogens is 1. The number of nitrogens with zero attached hydrogens (tertiary/aromatic N) is 1. The first-order valence-electron chi connectivity index (χ1n) is 7.11. The largest absolute Gasteiger partial charge is 0.398 e. The summed E-state index contributed by atoms with van der Waals surface area (Å²) in [4.78, 5) is 14.7. The zero-order valence-electron chi connectivity index (χ0n) is 11.7. The molecule has 2 aromatic rings. The van der Waals surface area contributed by atoms with Crippen LogP contribution in [-0.4, -0.2) is 12.5 Å². The van der Waals surface area contributed by atoms with E-state index < -0.39 is 0 Å². The minimum atomic E-state index is 0.0172. The number of para-hydroxylation sites is 1. The van der Waals surface area contributed by atoms with Crippen LogP contribution >= 0.6 is 15.9 Å². The van der Waals surface area contributed by atoms with Crippen molar-refractivity contribution in [2.24, 2.45) is 0 Å². The van der Waals surface area contributed by atoms with Gasteiger partial charge in [-0.25, -0.2) is 0 Å². The second-order valence-corrected chi connectivity index (χ2v) is 6.13. The molecule has 4 heteroatoms. The summed E-state index contributed by atoms with van der Waals surface area (Å²) in [6.07, 6.45) is 3.16. The molecule has 0 saturated heterocycles. The highest BCUT2D eigenvalue weighted by Crippen LogP contribution is 2.28. The molecule has 0 radical (unpaired) electrons. The molecule has 0 aromatic heterocycles. The SMILES string of the molecule is Nc1cc(C(=O)N2CCCCc3ccccc32)ccc1Br. The van der Waals surface area contributed by atoms with Crippen LogP contribution in [0.25, 0.3) is 0 Å². The first-order chi connectivity index (χ1) is 10.2. The van der Waals surface area contributed by atoms with Crippen LogP contribution in [0.2, 0.25) is 0 Å². The van der Waals surface area contributed by atoms with Gasteiger partial charge in [0.2, 0.25) is 0 Å². The number of hydrogen-bond acceptors (Lipinski definition) is 2. The van der Waals surface area contributed by atoms with Crippen molar-refractivity contribution in [3.8, 4) is 0 Å². The first-order valence-corrected chi connectivity index (χ1v) is 7.91. The molecule has 2 aromatic carbocycles. The molecule has 0 fully saturated rings. The van der Waals surface area contributed by atoms with Crippen LogP contribution in [-0.2, 0) is 6.42 Å². The third-order valence-electron chi connectivity index (χ3n) is 3.85. The lowest BCUT2D eigenvalue weighted by Gasteiger charge is -2.23. The number of fused-ring (bicyclic) bond motifs is 1. The summed E-state index contributed by atoms with van der Waals surface area (Å²) in [6, 6.07) is 13.5. The molecule has 0 atom stereocenters. The molecular weight excluding hydrogens is 328 g/mol. The van der Waals surface area contributed by atoms with Crippen LogP contribution in [0.1, 0.15) is 28.8 Å². The van der Waals surface area contributed by atoms with Gasteiger partial charge < -0.3 is 10.6 Å². The van der Waals surface area contributed by atoms with E-state index in [1.807, 2.05) is 35.2 Å². The molecule has 1 heterocycles. The van der Waals surface area contributed by atoms with Gasteiger partial charge in [-0.3, -0.25) is 4.79 Å². The van der Waals surface area contributed by atoms with Crippen molar-refractivity contribution < 1.29 is 4.79 Å². The van der Waals surface area contributed by atoms with Gasteiger partial charge in [-0.15, -0.1) is 0 Å². The third kappa shape index (κ3) is 2.81. The summed E-state index contributed by atoms with van der Waals surface area (Å²) in [6.45, 7) is 0.756. The average molecular weight is 345 g/mol. The Labute approximate surface area is 132 Å². The minimum absolute atomic E-state index is 0.0172. The van der Waals surface area contributed by atoms with Crippen molar-refractivity contribution in [2.75, 3.05) is 17.2 Å². The van der Waals surface area contributed by atoms with Gasteiger partial charge in [0.1, 0.15) is 0 Å². The maximum absolute atomic E-state index is 12.8. The Morgan fingerprint density at radius 1 is 1.14 bits per heavy atom. The summed E-state index contributed by atoms with van der Waals surface area (Å²) in [5, 5.41) is 0. The number of benzene rings is 2. The number of anilines is 2. The van der Waals surface area contributed by atoms with Crippen molar-refractivity contribution in [3.63, 3.8) is 0 Å². The highest BCUT2D eigenvalue weighted by Gasteiger charge is 2.22. The van der Waals surface area contributed by atoms with E-state index in [1.54, 1.807) is 6.07 Å². The fourth-order valence-electron chi connectivity index (χ4n) is 2.73. The molecule has 1 aliphatic rings. The zero-order valence-corrected chi connectivity index (χ0v) is 13.3. The quantitative estimate of drug-likeness (QED) is 0.794. The molecule has 108 valence electrons. The topological polar surface area (TPSA) is 46.3 Å². The standard InChI is InChI=1S/C17H17BrN2O/c18-14-9-8-13(11-15(14)19)17(21)20-10-4-3-6-12-5-1-2-7-16(12)20/h1-2,5,7-9,11H,3-4,6,10,19H2. The zero-order chi connectivity index (χ0) is 14.8. The number of rotatable bonds is 1. The molecular formula is C17H17BrN2O. The van der Waals surface area contributed by atoms with Crippen LogP contribution in [0.5, 0.6) is 0 Å². The van der Waals surface area contributed by atoms with Gasteiger partial charge in [-0.05, 0) is 65.0 Å². The monoisotopic (exact) mass is 344 g/mol. The van der Waals surface area contributed by atoms with E-state index >= 15 is 0 Å². The Morgan fingerprint density at radius 3 is 2.76 bits per heavy atom. The summed E-state index contributed by atoms with van der Waals surface area (Å²) in [5.74, 6) is 0.0172. The van der Waals surface area contributed by atoms with Crippen molar-refractivity contribution >= 4 is 33.2 Å². The number of amides is 1. The van der Waals surface area contributed by atoms with E-state index in [2.05, 4.69) is 22.0 Å². The second-order valence-electron chi connectivity index (χ2n) is 5.28. The maximum atomic E-state index is 12.8. The van der Waals surface area contributed by atoms with E-state index in [4.69, 9.17) is 5.73 Å². The van der Waals surface area contributed by atoms with E-state index in [0.29, 0.717) is 11.3 Å². The van der Waals surface area contributed by atoms with Gasteiger partial charge in [0.05, 0.1) is 0 Å². The third-order valence-corrected chi connectivity index (χ3v) is 4.57. The Hall–Kier alpha value is -1.81. The number of hydrogen-bond donors (Lipinski definition) is 1. The lowest BCUT2D eigenvalue weighted by atomic mass is 10.1. The number of nitrogen functional groups attached to an aromatic ring is 1. The highest BCUT2D eigenvalue weighted by molar-refractivity contribution is 9.10. The van der Waals surface area contributed by atoms with E-state index in [9.17, 15) is 4.79 Å². The summed E-state index contributed by atoms with van der Waals surface area (Å²) in [5.41, 5.74) is 9.39. The Bertz CT molecular complexity index is 684. The summed E-state index contributed by atoms with van der Waals surface area (Å²) in [7, 11) is 0. The maximum Gasteiger partial charge on any atom is 0.258 e. The molecule has 21 heavy (non-hydrogen) atoms. The van der Waals surface area contributed by atoms with Gasteiger partial charge in [0.25, 0.3) is 5.91 Å². The molecule has 0 aliphatic carbocycles. The van der Waals surface area contributed by atoms with Crippen LogP contribution in [0.3, 0.4) is 0 Å². The fourth-order valence-corrected chi connectivity index (χ4v) is 2.98. The van der Waals surface area contributed by atoms with Crippen LogP contribution < -0.4 is 10.6 Å². The highest BCUT2D eigenvalue weighted by atomic mass is 79.9. The van der Waals surface area contributed by atoms with Gasteiger partial charge >= 0.3 is 0 Å². The number of carbonyl (C=O) groups excluding carboxylic acids is 1. The van der Waals surface area contributed by atoms with Crippen molar-refractivity contribution in [1.82, 2.24) is 0 Å². The predicted molar refractivity (Wildman–Crippen MR) is 89.6 cm³/mol. The number of aryl methyl sites for hydroxylation is 1. The van der Waals surface area contributed by atoms with Crippen LogP contribution in [0, 0.1) is 0 Å². The van der Waals surface area contributed by atoms with E-state index in [-0.39, 0.29) is 5.91 Å². The van der Waals surface area contributed by atoms with Gasteiger partial charge in [0, 0.05) is 28.0 Å². The summed E-state index contributed by atoms with van der Waals surface area (Å²) >= 11 is 3.36. The summed E-state index contributed by atoms with van der Waals surface area (Å²) < 4.78 is 0.815. The van der Waals surface area contributed by atoms with Gasteiger partial charge in [0.15, 0.2) is 0 Å². The Kier molecular flexibility index (Phi) is 3.97. The molecule has 2 N–H and O–H groups in total. The second kappa shape index (κ2) is 5.90. The van der Waals surface area contributed by atoms with E-state index in [0.717, 1.165) is 36.0 Å². The Morgan fingerprint density at radius 2 is 1.95 bits per heavy atom. The lowest BCUT2D eigenvalue weighted by molar-refractivity contribution is 0.0987. The van der Waals surface area contributed by atoms with E-state index in [1.165, 1.54) is 5.56 Å². The predicted octanol–water partition coefficient (Wildman–Crippen LogP) is 4.01. The molecule has 0 bridgehead atoms.